The maximum Gasteiger partial charge on any atom is 0.330 e. The average Bonchev–Trinajstić information content (AvgIpc) is 3.40. The third-order valence-electron chi connectivity index (χ3n) is 11.9. The van der Waals surface area contributed by atoms with Gasteiger partial charge in [0.15, 0.2) is 0 Å². The topological polar surface area (TPSA) is 115 Å². The Labute approximate surface area is 221 Å². The summed E-state index contributed by atoms with van der Waals surface area (Å²) < 4.78 is 0. The van der Waals surface area contributed by atoms with E-state index < -0.39 is 23.6 Å². The van der Waals surface area contributed by atoms with Crippen LogP contribution in [0.2, 0.25) is 0 Å². The van der Waals surface area contributed by atoms with Crippen molar-refractivity contribution >= 4 is 11.9 Å². The van der Waals surface area contributed by atoms with Gasteiger partial charge >= 0.3 is 11.9 Å². The smallest absolute Gasteiger partial charge is 0.330 e. The first-order valence-electron chi connectivity index (χ1n) is 13.9. The van der Waals surface area contributed by atoms with E-state index in [9.17, 15) is 30.0 Å². The molecule has 0 radical (unpaired) electrons. The van der Waals surface area contributed by atoms with Crippen LogP contribution < -0.4 is 0 Å². The fourth-order valence-electron chi connectivity index (χ4n) is 9.83. The second-order valence-electron chi connectivity index (χ2n) is 13.6. The summed E-state index contributed by atoms with van der Waals surface area (Å²) in [6, 6.07) is 0. The second kappa shape index (κ2) is 8.81. The van der Waals surface area contributed by atoms with Gasteiger partial charge in [-0.3, -0.25) is 4.79 Å². The number of hydrogen-bond acceptors (Lipinski definition) is 4. The van der Waals surface area contributed by atoms with Crippen LogP contribution in [0.15, 0.2) is 35.5 Å². The summed E-state index contributed by atoms with van der Waals surface area (Å²) in [5.74, 6) is -1.45. The number of aliphatic hydroxyl groups is 2. The van der Waals surface area contributed by atoms with Crippen LogP contribution in [0.25, 0.3) is 0 Å². The van der Waals surface area contributed by atoms with Crippen LogP contribution in [0.5, 0.6) is 0 Å². The summed E-state index contributed by atoms with van der Waals surface area (Å²) in [5.41, 5.74) is 0.394. The van der Waals surface area contributed by atoms with E-state index in [1.807, 2.05) is 13.8 Å². The Morgan fingerprint density at radius 2 is 1.86 bits per heavy atom. The fourth-order valence-corrected chi connectivity index (χ4v) is 9.83. The number of aliphatic hydroxyl groups excluding tert-OH is 1. The molecule has 0 aromatic carbocycles. The van der Waals surface area contributed by atoms with Gasteiger partial charge in [-0.25, -0.2) is 4.79 Å². The van der Waals surface area contributed by atoms with Crippen molar-refractivity contribution in [1.82, 2.24) is 0 Å². The van der Waals surface area contributed by atoms with Gasteiger partial charge < -0.3 is 20.4 Å². The van der Waals surface area contributed by atoms with Crippen LogP contribution in [0.3, 0.4) is 0 Å². The van der Waals surface area contributed by atoms with Crippen molar-refractivity contribution in [1.29, 1.82) is 0 Å². The number of carbonyl (C=O) groups is 2. The van der Waals surface area contributed by atoms with E-state index in [-0.39, 0.29) is 51.4 Å². The third kappa shape index (κ3) is 3.80. The number of carboxylic acid groups (broad SMARTS) is 2. The molecule has 0 aromatic rings. The van der Waals surface area contributed by atoms with Crippen molar-refractivity contribution < 1.29 is 30.0 Å². The minimum absolute atomic E-state index is 0.0110. The Kier molecular flexibility index (Phi) is 6.69. The van der Waals surface area contributed by atoms with Gasteiger partial charge in [-0.05, 0) is 111 Å². The maximum atomic E-state index is 11.8. The van der Waals surface area contributed by atoms with Crippen LogP contribution in [0.4, 0.5) is 0 Å². The van der Waals surface area contributed by atoms with Gasteiger partial charge in [-0.15, -0.1) is 0 Å². The largest absolute Gasteiger partial charge is 0.481 e. The molecule has 0 heterocycles. The van der Waals surface area contributed by atoms with Gasteiger partial charge in [0, 0.05) is 12.0 Å². The molecule has 4 N–H and O–H groups in total. The molecule has 4 rings (SSSR count). The van der Waals surface area contributed by atoms with E-state index in [2.05, 4.69) is 33.4 Å². The van der Waals surface area contributed by atoms with Gasteiger partial charge in [-0.2, -0.15) is 0 Å². The van der Waals surface area contributed by atoms with Gasteiger partial charge in [0.2, 0.25) is 0 Å². The molecular weight excluding hydrogens is 468 g/mol. The van der Waals surface area contributed by atoms with Crippen LogP contribution in [0.1, 0.15) is 92.9 Å². The Hall–Kier alpha value is -1.92. The minimum Gasteiger partial charge on any atom is -0.481 e. The molecule has 0 aliphatic heterocycles. The minimum atomic E-state index is -1.09. The Bertz CT molecular complexity index is 1070. The molecule has 4 aliphatic rings. The predicted octanol–water partition coefficient (Wildman–Crippen LogP) is 5.75. The van der Waals surface area contributed by atoms with Crippen LogP contribution in [-0.4, -0.2) is 44.1 Å². The predicted molar refractivity (Wildman–Crippen MR) is 143 cm³/mol. The quantitative estimate of drug-likeness (QED) is 0.230. The lowest BCUT2D eigenvalue weighted by molar-refractivity contribution is -0.170. The molecule has 206 valence electrons. The van der Waals surface area contributed by atoms with E-state index in [4.69, 9.17) is 0 Å². The highest BCUT2D eigenvalue weighted by atomic mass is 16.4. The number of rotatable bonds is 9. The second-order valence-corrected chi connectivity index (χ2v) is 13.6. The maximum absolute atomic E-state index is 11.8. The van der Waals surface area contributed by atoms with Crippen molar-refractivity contribution in [2.24, 2.45) is 39.4 Å². The monoisotopic (exact) mass is 514 g/mol. The van der Waals surface area contributed by atoms with Crippen molar-refractivity contribution in [2.75, 3.05) is 0 Å². The zero-order chi connectivity index (χ0) is 27.8. The zero-order valence-electron chi connectivity index (χ0n) is 23.4. The first-order valence-corrected chi connectivity index (χ1v) is 13.9. The average molecular weight is 515 g/mol. The molecule has 6 nitrogen and oxygen atoms in total. The van der Waals surface area contributed by atoms with Gasteiger partial charge in [0.25, 0.3) is 0 Å². The Morgan fingerprint density at radius 3 is 2.43 bits per heavy atom. The van der Waals surface area contributed by atoms with E-state index in [1.54, 1.807) is 13.0 Å². The summed E-state index contributed by atoms with van der Waals surface area (Å²) in [4.78, 5) is 22.8. The standard InChI is InChI=1S/C31H46O6/c1-18(2)21-16-22(32)25-29(7)20(4)15-23(28(6,37)11-8-9-19(3)26(35)36)27(29,5)13-14-31(25)17-30(21,31)12-10-24(33)34/h9,15,20-22,25,32,37H,1,8,10-14,16-17H2,2-7H3,(H,33,34)(H,35,36). The number of fused-ring (bicyclic) bond motifs is 2. The van der Waals surface area contributed by atoms with E-state index in [1.165, 1.54) is 0 Å². The molecule has 0 aromatic heterocycles. The lowest BCUT2D eigenvalue weighted by Gasteiger charge is -2.63. The lowest BCUT2D eigenvalue weighted by Crippen LogP contribution is -2.60. The molecule has 0 bridgehead atoms. The molecule has 9 unspecified atom stereocenters. The molecule has 9 atom stereocenters. The summed E-state index contributed by atoms with van der Waals surface area (Å²) >= 11 is 0. The lowest BCUT2D eigenvalue weighted by atomic mass is 9.41. The van der Waals surface area contributed by atoms with Crippen LogP contribution in [0, 0.1) is 39.4 Å². The molecule has 0 saturated heterocycles. The molecular formula is C31H46O6. The first kappa shape index (κ1) is 28.1. The highest BCUT2D eigenvalue weighted by molar-refractivity contribution is 5.85. The molecule has 37 heavy (non-hydrogen) atoms. The molecule has 6 heteroatoms. The molecule has 3 saturated carbocycles. The van der Waals surface area contributed by atoms with Gasteiger partial charge in [0.1, 0.15) is 0 Å². The molecule has 4 aliphatic carbocycles. The third-order valence-corrected chi connectivity index (χ3v) is 11.9. The Balaban J connectivity index is 1.70. The van der Waals surface area contributed by atoms with Crippen molar-refractivity contribution in [3.63, 3.8) is 0 Å². The molecule has 0 amide bonds. The fraction of sp³-hybridized carbons (Fsp3) is 0.742. The summed E-state index contributed by atoms with van der Waals surface area (Å²) in [5, 5.41) is 42.3. The highest BCUT2D eigenvalue weighted by Gasteiger charge is 2.82. The van der Waals surface area contributed by atoms with Crippen molar-refractivity contribution in [3.05, 3.63) is 35.5 Å². The summed E-state index contributed by atoms with van der Waals surface area (Å²) in [6.07, 6.45) is 8.40. The van der Waals surface area contributed by atoms with E-state index in [0.717, 1.165) is 30.4 Å². The first-order chi connectivity index (χ1) is 17.0. The van der Waals surface area contributed by atoms with E-state index >= 15 is 0 Å². The highest BCUT2D eigenvalue weighted by Crippen LogP contribution is 2.87. The van der Waals surface area contributed by atoms with Gasteiger partial charge in [-0.1, -0.05) is 45.1 Å². The number of allylic oxidation sites excluding steroid dienone is 3. The summed E-state index contributed by atoms with van der Waals surface area (Å²) in [7, 11) is 0. The van der Waals surface area contributed by atoms with Crippen LogP contribution >= 0.6 is 0 Å². The number of aliphatic carboxylic acids is 2. The van der Waals surface area contributed by atoms with Gasteiger partial charge in [0.05, 0.1) is 11.7 Å². The normalized spacial score (nSPS) is 44.1. The zero-order valence-corrected chi connectivity index (χ0v) is 23.4. The SMILES string of the molecule is C=C(C)C1CC(O)C2C3(CCC4(C)C(C(C)(O)CCC=C(C)C(=O)O)=CC(C)C24C)CC13CCC(=O)O. The Morgan fingerprint density at radius 1 is 1.22 bits per heavy atom. The number of carboxylic acids is 2. The number of hydrogen-bond donors (Lipinski definition) is 4. The summed E-state index contributed by atoms with van der Waals surface area (Å²) in [6.45, 7) is 16.5. The van der Waals surface area contributed by atoms with Crippen molar-refractivity contribution in [3.8, 4) is 0 Å². The van der Waals surface area contributed by atoms with Crippen LogP contribution in [-0.2, 0) is 9.59 Å². The molecule has 3 fully saturated rings. The van der Waals surface area contributed by atoms with E-state index in [0.29, 0.717) is 25.7 Å². The van der Waals surface area contributed by atoms with Crippen molar-refractivity contribution in [2.45, 2.75) is 105 Å². The molecule has 1 spiro atoms.